The molecule has 1 aromatic carbocycles. The average molecular weight is 266 g/mol. The maximum atomic E-state index is 9.10. The fourth-order valence-corrected chi connectivity index (χ4v) is 2.05. The predicted molar refractivity (Wildman–Crippen MR) is 73.2 cm³/mol. The van der Waals surface area contributed by atoms with E-state index >= 15 is 0 Å². The Hall–Kier alpha value is -1.36. The van der Waals surface area contributed by atoms with E-state index in [0.717, 1.165) is 17.8 Å². The summed E-state index contributed by atoms with van der Waals surface area (Å²) in [6.07, 6.45) is 1.76. The SMILES string of the molecule is N=C(/C=C1/CNCC(CO)N1)c1cccc(Cl)c1. The minimum Gasteiger partial charge on any atom is -0.394 e. The second kappa shape index (κ2) is 6.00. The van der Waals surface area contributed by atoms with Gasteiger partial charge in [0.2, 0.25) is 0 Å². The summed E-state index contributed by atoms with van der Waals surface area (Å²) in [4.78, 5) is 0. The average Bonchev–Trinajstić information content (AvgIpc) is 2.39. The summed E-state index contributed by atoms with van der Waals surface area (Å²) in [6.45, 7) is 1.49. The van der Waals surface area contributed by atoms with Crippen molar-refractivity contribution in [2.75, 3.05) is 19.7 Å². The van der Waals surface area contributed by atoms with Crippen molar-refractivity contribution >= 4 is 17.3 Å². The van der Waals surface area contributed by atoms with Gasteiger partial charge in [0.25, 0.3) is 0 Å². The third-order valence-corrected chi connectivity index (χ3v) is 3.01. The first-order chi connectivity index (χ1) is 8.69. The molecule has 1 unspecified atom stereocenters. The zero-order chi connectivity index (χ0) is 13.0. The Balaban J connectivity index is 2.10. The molecule has 18 heavy (non-hydrogen) atoms. The van der Waals surface area contributed by atoms with Gasteiger partial charge in [-0.15, -0.1) is 0 Å². The Bertz CT molecular complexity index is 473. The first-order valence-electron chi connectivity index (χ1n) is 5.82. The summed E-state index contributed by atoms with van der Waals surface area (Å²) in [5.41, 5.74) is 2.09. The highest BCUT2D eigenvalue weighted by molar-refractivity contribution is 6.31. The Kier molecular flexibility index (Phi) is 4.36. The summed E-state index contributed by atoms with van der Waals surface area (Å²) in [5, 5.41) is 24.1. The fourth-order valence-electron chi connectivity index (χ4n) is 1.86. The molecule has 1 atom stereocenters. The molecule has 4 nitrogen and oxygen atoms in total. The molecule has 0 spiro atoms. The standard InChI is InChI=1S/C13H16ClN3O/c14-10-3-1-2-9(4-10)13(15)5-11-6-16-7-12(8-18)17-11/h1-5,12,15-18H,6-8H2/b11-5-,15-13?. The van der Waals surface area contributed by atoms with E-state index in [1.165, 1.54) is 0 Å². The molecule has 1 aliphatic heterocycles. The number of nitrogens with one attached hydrogen (secondary N) is 3. The number of halogens is 1. The molecule has 96 valence electrons. The van der Waals surface area contributed by atoms with Crippen molar-refractivity contribution in [3.8, 4) is 0 Å². The molecule has 0 saturated carbocycles. The number of rotatable bonds is 3. The Morgan fingerprint density at radius 1 is 1.56 bits per heavy atom. The number of hydrogen-bond acceptors (Lipinski definition) is 4. The first kappa shape index (κ1) is 13.1. The number of benzene rings is 1. The first-order valence-corrected chi connectivity index (χ1v) is 6.20. The summed E-state index contributed by atoms with van der Waals surface area (Å²) in [5.74, 6) is 0. The lowest BCUT2D eigenvalue weighted by molar-refractivity contribution is 0.238. The molecule has 1 fully saturated rings. The van der Waals surface area contributed by atoms with Gasteiger partial charge in [0.1, 0.15) is 0 Å². The summed E-state index contributed by atoms with van der Waals surface area (Å²) >= 11 is 5.90. The molecule has 1 heterocycles. The van der Waals surface area contributed by atoms with Gasteiger partial charge in [-0.1, -0.05) is 23.7 Å². The minimum absolute atomic E-state index is 0.0113. The maximum absolute atomic E-state index is 9.10. The van der Waals surface area contributed by atoms with Gasteiger partial charge >= 0.3 is 0 Å². The van der Waals surface area contributed by atoms with E-state index in [9.17, 15) is 0 Å². The summed E-state index contributed by atoms with van der Waals surface area (Å²) in [6, 6.07) is 7.24. The maximum Gasteiger partial charge on any atom is 0.0645 e. The topological polar surface area (TPSA) is 68.1 Å². The van der Waals surface area contributed by atoms with Crippen LogP contribution in [0.4, 0.5) is 0 Å². The van der Waals surface area contributed by atoms with Crippen LogP contribution in [0, 0.1) is 5.41 Å². The van der Waals surface area contributed by atoms with Crippen LogP contribution in [-0.2, 0) is 0 Å². The quantitative estimate of drug-likeness (QED) is 0.620. The van der Waals surface area contributed by atoms with Crippen LogP contribution < -0.4 is 10.6 Å². The molecule has 4 N–H and O–H groups in total. The van der Waals surface area contributed by atoms with E-state index in [1.54, 1.807) is 18.2 Å². The van der Waals surface area contributed by atoms with Crippen LogP contribution in [0.15, 0.2) is 36.0 Å². The monoisotopic (exact) mass is 265 g/mol. The van der Waals surface area contributed by atoms with Gasteiger partial charge in [0.05, 0.1) is 18.4 Å². The van der Waals surface area contributed by atoms with Crippen LogP contribution in [0.1, 0.15) is 5.56 Å². The van der Waals surface area contributed by atoms with E-state index < -0.39 is 0 Å². The van der Waals surface area contributed by atoms with Crippen LogP contribution in [0.3, 0.4) is 0 Å². The van der Waals surface area contributed by atoms with Crippen LogP contribution in [0.2, 0.25) is 5.02 Å². The summed E-state index contributed by atoms with van der Waals surface area (Å²) in [7, 11) is 0. The Morgan fingerprint density at radius 3 is 3.11 bits per heavy atom. The second-order valence-corrected chi connectivity index (χ2v) is 4.68. The van der Waals surface area contributed by atoms with Gasteiger partial charge in [0, 0.05) is 29.4 Å². The van der Waals surface area contributed by atoms with Crippen molar-refractivity contribution in [2.45, 2.75) is 6.04 Å². The predicted octanol–water partition coefficient (Wildman–Crippen LogP) is 1.15. The third-order valence-electron chi connectivity index (χ3n) is 2.77. The van der Waals surface area contributed by atoms with Crippen molar-refractivity contribution in [1.82, 2.24) is 10.6 Å². The molecule has 0 aliphatic carbocycles. The number of hydrogen-bond donors (Lipinski definition) is 4. The molecular weight excluding hydrogens is 250 g/mol. The third kappa shape index (κ3) is 3.32. The minimum atomic E-state index is 0.0113. The van der Waals surface area contributed by atoms with Gasteiger partial charge in [-0.2, -0.15) is 0 Å². The number of piperazine rings is 1. The molecule has 0 radical (unpaired) electrons. The molecule has 5 heteroatoms. The smallest absolute Gasteiger partial charge is 0.0645 e. The van der Waals surface area contributed by atoms with E-state index in [4.69, 9.17) is 22.1 Å². The van der Waals surface area contributed by atoms with Crippen molar-refractivity contribution in [3.05, 3.63) is 46.6 Å². The Morgan fingerprint density at radius 2 is 2.39 bits per heavy atom. The van der Waals surface area contributed by atoms with Crippen molar-refractivity contribution < 1.29 is 5.11 Å². The molecule has 1 aliphatic rings. The normalized spacial score (nSPS) is 21.7. The lowest BCUT2D eigenvalue weighted by atomic mass is 10.1. The highest BCUT2D eigenvalue weighted by Crippen LogP contribution is 2.12. The van der Waals surface area contributed by atoms with Crippen LogP contribution in [-0.4, -0.2) is 36.6 Å². The molecular formula is C13H16ClN3O. The largest absolute Gasteiger partial charge is 0.394 e. The van der Waals surface area contributed by atoms with Crippen molar-refractivity contribution in [1.29, 1.82) is 5.41 Å². The second-order valence-electron chi connectivity index (χ2n) is 4.25. The molecule has 1 saturated heterocycles. The van der Waals surface area contributed by atoms with Crippen LogP contribution >= 0.6 is 11.6 Å². The van der Waals surface area contributed by atoms with E-state index in [-0.39, 0.29) is 12.6 Å². The zero-order valence-corrected chi connectivity index (χ0v) is 10.7. The molecule has 0 amide bonds. The molecule has 0 bridgehead atoms. The van der Waals surface area contributed by atoms with Gasteiger partial charge in [0.15, 0.2) is 0 Å². The van der Waals surface area contributed by atoms with Crippen LogP contribution in [0.5, 0.6) is 0 Å². The van der Waals surface area contributed by atoms with E-state index in [0.29, 0.717) is 17.3 Å². The molecule has 0 aromatic heterocycles. The van der Waals surface area contributed by atoms with E-state index in [1.807, 2.05) is 12.1 Å². The highest BCUT2D eigenvalue weighted by atomic mass is 35.5. The number of aliphatic hydroxyl groups is 1. The lowest BCUT2D eigenvalue weighted by Gasteiger charge is -2.26. The van der Waals surface area contributed by atoms with Gasteiger partial charge in [-0.05, 0) is 18.2 Å². The fraction of sp³-hybridized carbons (Fsp3) is 0.308. The molecule has 1 aromatic rings. The van der Waals surface area contributed by atoms with Gasteiger partial charge in [-0.25, -0.2) is 0 Å². The number of allylic oxidation sites excluding steroid dienone is 1. The van der Waals surface area contributed by atoms with Crippen molar-refractivity contribution in [3.63, 3.8) is 0 Å². The van der Waals surface area contributed by atoms with Gasteiger partial charge < -0.3 is 21.1 Å². The lowest BCUT2D eigenvalue weighted by Crippen LogP contribution is -2.48. The highest BCUT2D eigenvalue weighted by Gasteiger charge is 2.14. The van der Waals surface area contributed by atoms with Gasteiger partial charge in [-0.3, -0.25) is 0 Å². The van der Waals surface area contributed by atoms with Crippen molar-refractivity contribution in [2.24, 2.45) is 0 Å². The Labute approximate surface area is 111 Å². The number of aliphatic hydroxyl groups excluding tert-OH is 1. The van der Waals surface area contributed by atoms with Crippen LogP contribution in [0.25, 0.3) is 0 Å². The molecule has 2 rings (SSSR count). The zero-order valence-electron chi connectivity index (χ0n) is 9.91. The van der Waals surface area contributed by atoms with E-state index in [2.05, 4.69) is 10.6 Å². The summed E-state index contributed by atoms with van der Waals surface area (Å²) < 4.78 is 0.